The molecule has 0 bridgehead atoms. The van der Waals surface area contributed by atoms with Crippen molar-refractivity contribution >= 4 is 28.3 Å². The highest BCUT2D eigenvalue weighted by Crippen LogP contribution is 2.21. The molecule has 2 rings (SSSR count). The number of aliphatic hydroxyl groups is 2. The normalized spacial score (nSPS) is 27.3. The summed E-state index contributed by atoms with van der Waals surface area (Å²) < 4.78 is 20.2. The van der Waals surface area contributed by atoms with Crippen LogP contribution in [0.2, 0.25) is 5.28 Å². The number of nitrogens with zero attached hydrogens (tertiary/aromatic N) is 2. The first-order valence-corrected chi connectivity index (χ1v) is 8.80. The summed E-state index contributed by atoms with van der Waals surface area (Å²) in [5.74, 6) is 0. The van der Waals surface area contributed by atoms with E-state index in [4.69, 9.17) is 25.8 Å². The summed E-state index contributed by atoms with van der Waals surface area (Å²) in [6.45, 7) is 2.66. The molecule has 4 N–H and O–H groups in total. The van der Waals surface area contributed by atoms with Crippen molar-refractivity contribution in [1.82, 2.24) is 14.7 Å². The first-order valence-electron chi connectivity index (χ1n) is 7.65. The number of rotatable bonds is 10. The second-order valence-corrected chi connectivity index (χ2v) is 6.35. The fourth-order valence-electron chi connectivity index (χ4n) is 2.17. The van der Waals surface area contributed by atoms with Gasteiger partial charge in [-0.1, -0.05) is 0 Å². The number of hydrogen-bond acceptors (Lipinski definition) is 10. The van der Waals surface area contributed by atoms with Gasteiger partial charge in [-0.15, -0.1) is 0 Å². The summed E-state index contributed by atoms with van der Waals surface area (Å²) in [6.07, 6.45) is -2.67. The van der Waals surface area contributed by atoms with Gasteiger partial charge in [-0.05, 0) is 18.6 Å². The smallest absolute Gasteiger partial charge is 0.236 e. The van der Waals surface area contributed by atoms with Crippen molar-refractivity contribution in [3.05, 3.63) is 5.28 Å². The highest BCUT2D eigenvalue weighted by Gasteiger charge is 2.38. The lowest BCUT2D eigenvalue weighted by molar-refractivity contribution is -0.161. The highest BCUT2D eigenvalue weighted by atomic mass is 35.5. The molecule has 9 nitrogen and oxygen atoms in total. The van der Waals surface area contributed by atoms with Crippen LogP contribution in [0.3, 0.4) is 0 Å². The maximum atomic E-state index is 10.2. The molecule has 1 saturated heterocycles. The van der Waals surface area contributed by atoms with E-state index in [0.717, 1.165) is 18.1 Å². The third-order valence-corrected chi connectivity index (χ3v) is 4.41. The van der Waals surface area contributed by atoms with Crippen LogP contribution in [0.4, 0.5) is 5.13 Å². The molecular weight excluding hydrogens is 360 g/mol. The zero-order valence-electron chi connectivity index (χ0n) is 13.4. The zero-order chi connectivity index (χ0) is 17.4. The number of aliphatic hydroxyl groups excluding tert-OH is 2. The van der Waals surface area contributed by atoms with Gasteiger partial charge >= 0.3 is 0 Å². The molecule has 0 amide bonds. The minimum atomic E-state index is -1.06. The van der Waals surface area contributed by atoms with Crippen LogP contribution in [-0.4, -0.2) is 90.6 Å². The van der Waals surface area contributed by atoms with E-state index in [1.165, 1.54) is 0 Å². The second-order valence-electron chi connectivity index (χ2n) is 5.26. The van der Waals surface area contributed by atoms with Crippen molar-refractivity contribution in [2.24, 2.45) is 0 Å². The molecule has 0 aromatic carbocycles. The molecule has 1 aliphatic heterocycles. The van der Waals surface area contributed by atoms with Crippen molar-refractivity contribution < 1.29 is 24.4 Å². The van der Waals surface area contributed by atoms with Gasteiger partial charge in [0.05, 0.1) is 39.1 Å². The predicted molar refractivity (Wildman–Crippen MR) is 89.6 cm³/mol. The van der Waals surface area contributed by atoms with Gasteiger partial charge in [0.2, 0.25) is 10.4 Å². The number of anilines is 1. The summed E-state index contributed by atoms with van der Waals surface area (Å²) in [5, 5.41) is 26.9. The number of hydrogen-bond donors (Lipinski definition) is 4. The molecule has 0 unspecified atom stereocenters. The summed E-state index contributed by atoms with van der Waals surface area (Å²) in [5.41, 5.74) is 0. The third kappa shape index (κ3) is 6.05. The van der Waals surface area contributed by atoms with E-state index in [1.54, 1.807) is 0 Å². The van der Waals surface area contributed by atoms with Crippen molar-refractivity contribution in [3.63, 3.8) is 0 Å². The zero-order valence-corrected chi connectivity index (χ0v) is 14.9. The van der Waals surface area contributed by atoms with Gasteiger partial charge in [0.15, 0.2) is 0 Å². The number of likely N-dealkylation sites (N-methyl/N-ethyl adjacent to an activating group) is 1. The Kier molecular flexibility index (Phi) is 8.56. The Balaban J connectivity index is 1.67. The van der Waals surface area contributed by atoms with Crippen LogP contribution in [0, 0.1) is 0 Å². The van der Waals surface area contributed by atoms with Gasteiger partial charge in [0.1, 0.15) is 18.3 Å². The Morgan fingerprint density at radius 3 is 2.79 bits per heavy atom. The average molecular weight is 383 g/mol. The molecule has 0 aliphatic carbocycles. The predicted octanol–water partition coefficient (Wildman–Crippen LogP) is -0.655. The van der Waals surface area contributed by atoms with Gasteiger partial charge in [-0.2, -0.15) is 9.36 Å². The fourth-order valence-corrected chi connectivity index (χ4v) is 2.94. The molecule has 11 heteroatoms. The first kappa shape index (κ1) is 19.7. The van der Waals surface area contributed by atoms with Crippen LogP contribution < -0.4 is 10.6 Å². The summed E-state index contributed by atoms with van der Waals surface area (Å²) >= 11 is 6.73. The van der Waals surface area contributed by atoms with E-state index in [9.17, 15) is 10.2 Å². The molecule has 0 saturated carbocycles. The third-order valence-electron chi connectivity index (χ3n) is 3.49. The molecule has 1 fully saturated rings. The van der Waals surface area contributed by atoms with Crippen LogP contribution in [0.15, 0.2) is 0 Å². The van der Waals surface area contributed by atoms with Gasteiger partial charge in [-0.3, -0.25) is 0 Å². The summed E-state index contributed by atoms with van der Waals surface area (Å²) in [6, 6.07) is -0.495. The van der Waals surface area contributed by atoms with E-state index in [0.29, 0.717) is 25.0 Å². The monoisotopic (exact) mass is 382 g/mol. The van der Waals surface area contributed by atoms with Gasteiger partial charge in [0.25, 0.3) is 0 Å². The highest BCUT2D eigenvalue weighted by molar-refractivity contribution is 7.09. The lowest BCUT2D eigenvalue weighted by atomic mass is 9.98. The molecule has 138 valence electrons. The standard InChI is InChI=1S/C13H23ClN4O5S/c1-15-2-3-21-4-5-22-7-9-11(20)10(19)8(6-23-9)16-13-17-12(14)18-24-13/h8-11,15,19-20H,2-7H2,1H3,(H,16,17,18)/t8-,9+,10+,11-/m0/s1. The number of ether oxygens (including phenoxy) is 3. The molecule has 24 heavy (non-hydrogen) atoms. The number of aromatic nitrogens is 2. The van der Waals surface area contributed by atoms with E-state index >= 15 is 0 Å². The minimum Gasteiger partial charge on any atom is -0.388 e. The maximum absolute atomic E-state index is 10.2. The van der Waals surface area contributed by atoms with Gasteiger partial charge in [-0.25, -0.2) is 0 Å². The molecule has 0 radical (unpaired) electrons. The Morgan fingerprint density at radius 2 is 2.08 bits per heavy atom. The van der Waals surface area contributed by atoms with Crippen LogP contribution in [0.25, 0.3) is 0 Å². The van der Waals surface area contributed by atoms with E-state index < -0.39 is 24.4 Å². The SMILES string of the molecule is CNCCOCCOC[C@H]1OC[C@H](Nc2nc(Cl)ns2)[C@@H](O)[C@H]1O. The summed E-state index contributed by atoms with van der Waals surface area (Å²) in [7, 11) is 1.86. The first-order chi connectivity index (χ1) is 11.6. The lowest BCUT2D eigenvalue weighted by Gasteiger charge is -2.37. The molecule has 4 atom stereocenters. The Morgan fingerprint density at radius 1 is 1.29 bits per heavy atom. The number of nitrogens with one attached hydrogen (secondary N) is 2. The minimum absolute atomic E-state index is 0.137. The van der Waals surface area contributed by atoms with Crippen molar-refractivity contribution in [1.29, 1.82) is 0 Å². The Labute approximate surface area is 149 Å². The van der Waals surface area contributed by atoms with E-state index in [-0.39, 0.29) is 18.5 Å². The van der Waals surface area contributed by atoms with Crippen LogP contribution in [-0.2, 0) is 14.2 Å². The van der Waals surface area contributed by atoms with Crippen molar-refractivity contribution in [2.75, 3.05) is 51.9 Å². The fraction of sp³-hybridized carbons (Fsp3) is 0.846. The largest absolute Gasteiger partial charge is 0.388 e. The number of halogens is 1. The van der Waals surface area contributed by atoms with Crippen LogP contribution in [0.5, 0.6) is 0 Å². The Hall–Kier alpha value is -0.590. The molecule has 2 heterocycles. The van der Waals surface area contributed by atoms with Crippen molar-refractivity contribution in [2.45, 2.75) is 24.4 Å². The van der Waals surface area contributed by atoms with Crippen molar-refractivity contribution in [3.8, 4) is 0 Å². The van der Waals surface area contributed by atoms with Gasteiger partial charge < -0.3 is 35.1 Å². The molecule has 1 aromatic rings. The van der Waals surface area contributed by atoms with E-state index in [2.05, 4.69) is 20.0 Å². The molecular formula is C13H23ClN4O5S. The summed E-state index contributed by atoms with van der Waals surface area (Å²) in [4.78, 5) is 3.94. The lowest BCUT2D eigenvalue weighted by Crippen LogP contribution is -2.56. The molecule has 1 aliphatic rings. The van der Waals surface area contributed by atoms with Gasteiger partial charge in [0, 0.05) is 18.1 Å². The van der Waals surface area contributed by atoms with Crippen LogP contribution in [0.1, 0.15) is 0 Å². The van der Waals surface area contributed by atoms with E-state index in [1.807, 2.05) is 7.05 Å². The quantitative estimate of drug-likeness (QED) is 0.391. The Bertz CT molecular complexity index is 483. The molecule has 0 spiro atoms. The average Bonchev–Trinajstić information content (AvgIpc) is 2.98. The topological polar surface area (TPSA) is 118 Å². The maximum Gasteiger partial charge on any atom is 0.236 e. The van der Waals surface area contributed by atoms with Crippen LogP contribution >= 0.6 is 23.1 Å². The molecule has 1 aromatic heterocycles. The second kappa shape index (κ2) is 10.4.